The van der Waals surface area contributed by atoms with E-state index in [1.54, 1.807) is 14.2 Å². The summed E-state index contributed by atoms with van der Waals surface area (Å²) in [5, 5.41) is 2.93. The van der Waals surface area contributed by atoms with Crippen LogP contribution in [-0.2, 0) is 9.53 Å². The van der Waals surface area contributed by atoms with E-state index in [9.17, 15) is 4.79 Å². The van der Waals surface area contributed by atoms with Crippen LogP contribution in [0, 0.1) is 0 Å². The fourth-order valence-electron chi connectivity index (χ4n) is 2.36. The van der Waals surface area contributed by atoms with Crippen molar-refractivity contribution in [2.75, 3.05) is 27.4 Å². The summed E-state index contributed by atoms with van der Waals surface area (Å²) in [6, 6.07) is 5.22. The molecule has 6 heteroatoms. The summed E-state index contributed by atoms with van der Waals surface area (Å²) in [5.74, 6) is 1.19. The van der Waals surface area contributed by atoms with Gasteiger partial charge in [0.2, 0.25) is 5.91 Å². The minimum atomic E-state index is -0.944. The van der Waals surface area contributed by atoms with Crippen molar-refractivity contribution in [3.05, 3.63) is 23.8 Å². The maximum Gasteiger partial charge on any atom is 0.243 e. The second kappa shape index (κ2) is 6.32. The van der Waals surface area contributed by atoms with Crippen LogP contribution in [0.3, 0.4) is 0 Å². The van der Waals surface area contributed by atoms with E-state index in [2.05, 4.69) is 5.32 Å². The zero-order chi connectivity index (χ0) is 15.5. The molecule has 2 unspecified atom stereocenters. The summed E-state index contributed by atoms with van der Waals surface area (Å²) in [7, 11) is 3.19. The van der Waals surface area contributed by atoms with Crippen molar-refractivity contribution in [2.24, 2.45) is 5.73 Å². The predicted octanol–water partition coefficient (Wildman–Crippen LogP) is 0.999. The molecule has 0 spiro atoms. The molecule has 0 radical (unpaired) electrons. The van der Waals surface area contributed by atoms with Crippen molar-refractivity contribution >= 4 is 5.91 Å². The lowest BCUT2D eigenvalue weighted by atomic mass is 9.98. The number of ether oxygens (including phenoxy) is 3. The molecule has 0 aromatic heterocycles. The van der Waals surface area contributed by atoms with Crippen molar-refractivity contribution in [3.63, 3.8) is 0 Å². The number of carbonyl (C=O) groups excluding carboxylic acids is 1. The predicted molar refractivity (Wildman–Crippen MR) is 78.5 cm³/mol. The van der Waals surface area contributed by atoms with Crippen LogP contribution < -0.4 is 20.5 Å². The minimum absolute atomic E-state index is 0.211. The molecule has 1 fully saturated rings. The van der Waals surface area contributed by atoms with Gasteiger partial charge in [-0.15, -0.1) is 0 Å². The lowest BCUT2D eigenvalue weighted by Crippen LogP contribution is -2.54. The zero-order valence-electron chi connectivity index (χ0n) is 12.6. The van der Waals surface area contributed by atoms with Crippen LogP contribution in [0.15, 0.2) is 18.2 Å². The summed E-state index contributed by atoms with van der Waals surface area (Å²) in [5.41, 5.74) is 5.96. The van der Waals surface area contributed by atoms with Gasteiger partial charge in [-0.25, -0.2) is 0 Å². The van der Waals surface area contributed by atoms with Crippen molar-refractivity contribution < 1.29 is 19.0 Å². The van der Waals surface area contributed by atoms with E-state index in [0.717, 1.165) is 5.56 Å². The van der Waals surface area contributed by atoms with Gasteiger partial charge in [-0.05, 0) is 31.5 Å². The molecule has 21 heavy (non-hydrogen) atoms. The fraction of sp³-hybridized carbons (Fsp3) is 0.533. The zero-order valence-corrected chi connectivity index (χ0v) is 12.6. The Hall–Kier alpha value is -1.79. The molecule has 0 aliphatic carbocycles. The minimum Gasteiger partial charge on any atom is -0.497 e. The third kappa shape index (κ3) is 3.28. The molecule has 0 saturated carbocycles. The van der Waals surface area contributed by atoms with Crippen LogP contribution in [0.5, 0.6) is 11.5 Å². The van der Waals surface area contributed by atoms with Gasteiger partial charge in [-0.2, -0.15) is 0 Å². The maximum atomic E-state index is 12.3. The molecular weight excluding hydrogens is 272 g/mol. The topological polar surface area (TPSA) is 82.8 Å². The maximum absolute atomic E-state index is 12.3. The van der Waals surface area contributed by atoms with E-state index in [-0.39, 0.29) is 18.6 Å². The molecule has 1 aromatic rings. The van der Waals surface area contributed by atoms with Crippen LogP contribution in [-0.4, -0.2) is 38.9 Å². The molecule has 1 aromatic carbocycles. The number of carbonyl (C=O) groups is 1. The Kier molecular flexibility index (Phi) is 4.69. The average Bonchev–Trinajstić information content (AvgIpc) is 2.94. The number of rotatable bonds is 5. The van der Waals surface area contributed by atoms with Gasteiger partial charge in [0.15, 0.2) is 0 Å². The molecule has 116 valence electrons. The van der Waals surface area contributed by atoms with Crippen molar-refractivity contribution in [3.8, 4) is 11.5 Å². The second-order valence-electron chi connectivity index (χ2n) is 5.26. The Labute approximate surface area is 124 Å². The number of hydrogen-bond donors (Lipinski definition) is 2. The first kappa shape index (κ1) is 15.6. The third-order valence-electron chi connectivity index (χ3n) is 3.76. The Bertz CT molecular complexity index is 512. The van der Waals surface area contributed by atoms with Crippen LogP contribution in [0.25, 0.3) is 0 Å². The number of methoxy groups -OCH3 is 2. The highest BCUT2D eigenvalue weighted by atomic mass is 16.5. The third-order valence-corrected chi connectivity index (χ3v) is 3.76. The summed E-state index contributed by atoms with van der Waals surface area (Å²) in [6.07, 6.45) is 0.529. The number of hydrogen-bond acceptors (Lipinski definition) is 5. The Morgan fingerprint density at radius 3 is 2.76 bits per heavy atom. The van der Waals surface area contributed by atoms with Crippen molar-refractivity contribution in [1.82, 2.24) is 5.32 Å². The molecule has 1 heterocycles. The van der Waals surface area contributed by atoms with Gasteiger partial charge in [0, 0.05) is 12.2 Å². The molecule has 0 bridgehead atoms. The molecule has 6 nitrogen and oxygen atoms in total. The van der Waals surface area contributed by atoms with Gasteiger partial charge in [0.05, 0.1) is 26.9 Å². The van der Waals surface area contributed by atoms with Crippen LogP contribution in [0.1, 0.15) is 24.9 Å². The van der Waals surface area contributed by atoms with E-state index < -0.39 is 5.54 Å². The lowest BCUT2D eigenvalue weighted by molar-refractivity contribution is -0.127. The average molecular weight is 294 g/mol. The standard InChI is InChI=1S/C15H22N2O4/c1-10(17-14(18)15(16)6-7-21-9-15)12-8-11(19-2)4-5-13(12)20-3/h4-5,8,10H,6-7,9,16H2,1-3H3,(H,17,18). The van der Waals surface area contributed by atoms with Gasteiger partial charge in [-0.3, -0.25) is 4.79 Å². The molecule has 1 amide bonds. The highest BCUT2D eigenvalue weighted by Gasteiger charge is 2.38. The van der Waals surface area contributed by atoms with E-state index in [4.69, 9.17) is 19.9 Å². The summed E-state index contributed by atoms with van der Waals surface area (Å²) >= 11 is 0. The van der Waals surface area contributed by atoms with E-state index in [1.165, 1.54) is 0 Å². The molecule has 1 aliphatic rings. The highest BCUT2D eigenvalue weighted by Crippen LogP contribution is 2.29. The van der Waals surface area contributed by atoms with E-state index in [0.29, 0.717) is 24.5 Å². The number of nitrogens with one attached hydrogen (secondary N) is 1. The van der Waals surface area contributed by atoms with Gasteiger partial charge < -0.3 is 25.3 Å². The fourth-order valence-corrected chi connectivity index (χ4v) is 2.36. The first-order chi connectivity index (χ1) is 10.00. The number of amides is 1. The van der Waals surface area contributed by atoms with Crippen LogP contribution in [0.4, 0.5) is 0 Å². The molecule has 3 N–H and O–H groups in total. The largest absolute Gasteiger partial charge is 0.497 e. The number of benzene rings is 1. The smallest absolute Gasteiger partial charge is 0.243 e. The molecule has 2 atom stereocenters. The van der Waals surface area contributed by atoms with Crippen LogP contribution in [0.2, 0.25) is 0 Å². The van der Waals surface area contributed by atoms with Crippen molar-refractivity contribution in [2.45, 2.75) is 24.9 Å². The first-order valence-electron chi connectivity index (χ1n) is 6.89. The summed E-state index contributed by atoms with van der Waals surface area (Å²) in [6.45, 7) is 2.65. The molecular formula is C15H22N2O4. The molecule has 1 saturated heterocycles. The highest BCUT2D eigenvalue weighted by molar-refractivity contribution is 5.87. The molecule has 1 aliphatic heterocycles. The van der Waals surface area contributed by atoms with Crippen LogP contribution >= 0.6 is 0 Å². The Morgan fingerprint density at radius 2 is 2.19 bits per heavy atom. The van der Waals surface area contributed by atoms with Gasteiger partial charge in [-0.1, -0.05) is 0 Å². The first-order valence-corrected chi connectivity index (χ1v) is 6.89. The van der Waals surface area contributed by atoms with Gasteiger partial charge in [0.25, 0.3) is 0 Å². The quantitative estimate of drug-likeness (QED) is 0.846. The summed E-state index contributed by atoms with van der Waals surface area (Å²) in [4.78, 5) is 12.3. The monoisotopic (exact) mass is 294 g/mol. The second-order valence-corrected chi connectivity index (χ2v) is 5.26. The SMILES string of the molecule is COc1ccc(OC)c(C(C)NC(=O)C2(N)CCOC2)c1. The lowest BCUT2D eigenvalue weighted by Gasteiger charge is -2.25. The van der Waals surface area contributed by atoms with Gasteiger partial charge >= 0.3 is 0 Å². The normalized spacial score (nSPS) is 22.7. The number of nitrogens with two attached hydrogens (primary N) is 1. The van der Waals surface area contributed by atoms with E-state index in [1.807, 2.05) is 25.1 Å². The molecule has 2 rings (SSSR count). The van der Waals surface area contributed by atoms with E-state index >= 15 is 0 Å². The Balaban J connectivity index is 2.15. The summed E-state index contributed by atoms with van der Waals surface area (Å²) < 4.78 is 15.8. The van der Waals surface area contributed by atoms with Crippen molar-refractivity contribution in [1.29, 1.82) is 0 Å². The van der Waals surface area contributed by atoms with Gasteiger partial charge in [0.1, 0.15) is 17.0 Å². The Morgan fingerprint density at radius 1 is 1.43 bits per heavy atom.